The third-order valence-electron chi connectivity index (χ3n) is 5.28. The van der Waals surface area contributed by atoms with Gasteiger partial charge in [-0.1, -0.05) is 53.5 Å². The summed E-state index contributed by atoms with van der Waals surface area (Å²) in [6.45, 7) is 0.543. The Balaban J connectivity index is 1.47. The number of nitrogens with one attached hydrogen (secondary N) is 1. The molecule has 2 heterocycles. The molecule has 1 aliphatic heterocycles. The summed E-state index contributed by atoms with van der Waals surface area (Å²) in [5.74, 6) is -0.433. The van der Waals surface area contributed by atoms with Crippen molar-refractivity contribution in [1.29, 1.82) is 0 Å². The standard InChI is InChI=1S/C22H19Cl2N3O4S/c23-18-8-6-16(14-19(18)24)32(30,31)27-12-10-26(11-13-27)22(29)17-7-9-20(25-21(17)28)15-4-2-1-3-5-15/h1-9,14H,10-13H2,(H,25,28). The molecule has 1 aliphatic rings. The summed E-state index contributed by atoms with van der Waals surface area (Å²) in [7, 11) is -3.78. The van der Waals surface area contributed by atoms with Gasteiger partial charge in [-0.15, -0.1) is 0 Å². The lowest BCUT2D eigenvalue weighted by atomic mass is 10.1. The Bertz CT molecular complexity index is 1320. The number of halogens is 2. The van der Waals surface area contributed by atoms with Crippen LogP contribution < -0.4 is 5.56 Å². The highest BCUT2D eigenvalue weighted by molar-refractivity contribution is 7.89. The second-order valence-corrected chi connectivity index (χ2v) is 10.0. The van der Waals surface area contributed by atoms with Crippen LogP contribution in [0.4, 0.5) is 0 Å². The molecule has 2 aromatic carbocycles. The minimum absolute atomic E-state index is 0.0190. The summed E-state index contributed by atoms with van der Waals surface area (Å²) in [6.07, 6.45) is 0. The zero-order chi connectivity index (χ0) is 22.9. The average Bonchev–Trinajstić information content (AvgIpc) is 2.81. The van der Waals surface area contributed by atoms with Crippen LogP contribution in [-0.2, 0) is 10.0 Å². The summed E-state index contributed by atoms with van der Waals surface area (Å²) in [5.41, 5.74) is 0.988. The number of hydrogen-bond donors (Lipinski definition) is 1. The van der Waals surface area contributed by atoms with Gasteiger partial charge in [-0.2, -0.15) is 4.31 Å². The van der Waals surface area contributed by atoms with Gasteiger partial charge >= 0.3 is 0 Å². The molecule has 1 amide bonds. The molecule has 7 nitrogen and oxygen atoms in total. The Labute approximate surface area is 195 Å². The molecule has 0 bridgehead atoms. The molecular formula is C22H19Cl2N3O4S. The fraction of sp³-hybridized carbons (Fsp3) is 0.182. The predicted molar refractivity (Wildman–Crippen MR) is 124 cm³/mol. The first-order valence-electron chi connectivity index (χ1n) is 9.80. The summed E-state index contributed by atoms with van der Waals surface area (Å²) < 4.78 is 27.1. The fourth-order valence-corrected chi connectivity index (χ4v) is 5.33. The fourth-order valence-electron chi connectivity index (χ4n) is 3.52. The van der Waals surface area contributed by atoms with Crippen LogP contribution >= 0.6 is 23.2 Å². The number of H-pyrrole nitrogens is 1. The van der Waals surface area contributed by atoms with Gasteiger partial charge in [-0.3, -0.25) is 9.59 Å². The number of pyridine rings is 1. The normalized spacial score (nSPS) is 15.0. The molecule has 3 aromatic rings. The van der Waals surface area contributed by atoms with Gasteiger partial charge < -0.3 is 9.88 Å². The number of amides is 1. The molecule has 4 rings (SSSR count). The van der Waals surface area contributed by atoms with E-state index < -0.39 is 21.5 Å². The van der Waals surface area contributed by atoms with E-state index in [0.29, 0.717) is 5.69 Å². The molecule has 10 heteroatoms. The van der Waals surface area contributed by atoms with Gasteiger partial charge in [0.15, 0.2) is 0 Å². The number of carbonyl (C=O) groups excluding carboxylic acids is 1. The number of nitrogens with zero attached hydrogens (tertiary/aromatic N) is 2. The van der Waals surface area contributed by atoms with Crippen LogP contribution in [0.5, 0.6) is 0 Å². The topological polar surface area (TPSA) is 90.6 Å². The molecule has 0 aliphatic carbocycles. The van der Waals surface area contributed by atoms with Gasteiger partial charge in [-0.25, -0.2) is 8.42 Å². The van der Waals surface area contributed by atoms with Crippen LogP contribution in [0.1, 0.15) is 10.4 Å². The zero-order valence-corrected chi connectivity index (χ0v) is 19.1. The van der Waals surface area contributed by atoms with E-state index in [0.717, 1.165) is 5.56 Å². The largest absolute Gasteiger partial charge is 0.336 e. The van der Waals surface area contributed by atoms with Crippen molar-refractivity contribution in [2.24, 2.45) is 0 Å². The summed E-state index contributed by atoms with van der Waals surface area (Å²) >= 11 is 11.8. The molecule has 0 spiro atoms. The molecule has 1 saturated heterocycles. The van der Waals surface area contributed by atoms with Crippen molar-refractivity contribution in [2.45, 2.75) is 4.90 Å². The van der Waals surface area contributed by atoms with Crippen molar-refractivity contribution in [1.82, 2.24) is 14.2 Å². The highest BCUT2D eigenvalue weighted by Crippen LogP contribution is 2.27. The SMILES string of the molecule is O=C(c1ccc(-c2ccccc2)[nH]c1=O)N1CCN(S(=O)(=O)c2ccc(Cl)c(Cl)c2)CC1. The van der Waals surface area contributed by atoms with Gasteiger partial charge in [0.1, 0.15) is 5.56 Å². The zero-order valence-electron chi connectivity index (χ0n) is 16.8. The minimum atomic E-state index is -3.78. The second kappa shape index (κ2) is 9.07. The van der Waals surface area contributed by atoms with E-state index in [4.69, 9.17) is 23.2 Å². The molecule has 0 radical (unpaired) electrons. The van der Waals surface area contributed by atoms with Crippen LogP contribution in [0.25, 0.3) is 11.3 Å². The molecule has 32 heavy (non-hydrogen) atoms. The molecular weight excluding hydrogens is 473 g/mol. The van der Waals surface area contributed by atoms with E-state index in [1.807, 2.05) is 30.3 Å². The summed E-state index contributed by atoms with van der Waals surface area (Å²) in [5, 5.41) is 0.421. The van der Waals surface area contributed by atoms with E-state index in [-0.39, 0.29) is 46.7 Å². The first-order chi connectivity index (χ1) is 15.3. The molecule has 1 N–H and O–H groups in total. The molecule has 0 saturated carbocycles. The smallest absolute Gasteiger partial charge is 0.261 e. The number of benzene rings is 2. The average molecular weight is 492 g/mol. The number of hydrogen-bond acceptors (Lipinski definition) is 4. The third kappa shape index (κ3) is 4.45. The van der Waals surface area contributed by atoms with E-state index in [1.54, 1.807) is 6.07 Å². The molecule has 0 atom stereocenters. The molecule has 1 aromatic heterocycles. The van der Waals surface area contributed by atoms with Gasteiger partial charge in [0.25, 0.3) is 11.5 Å². The monoisotopic (exact) mass is 491 g/mol. The highest BCUT2D eigenvalue weighted by Gasteiger charge is 2.31. The van der Waals surface area contributed by atoms with Crippen LogP contribution in [0.3, 0.4) is 0 Å². The number of carbonyl (C=O) groups is 1. The molecule has 1 fully saturated rings. The van der Waals surface area contributed by atoms with E-state index in [1.165, 1.54) is 33.5 Å². The lowest BCUT2D eigenvalue weighted by Crippen LogP contribution is -2.51. The molecule has 0 unspecified atom stereocenters. The maximum atomic E-state index is 12.9. The number of rotatable bonds is 4. The van der Waals surface area contributed by atoms with Crippen LogP contribution in [0.2, 0.25) is 10.0 Å². The predicted octanol–water partition coefficient (Wildman–Crippen LogP) is 3.50. The lowest BCUT2D eigenvalue weighted by molar-refractivity contribution is 0.0696. The van der Waals surface area contributed by atoms with Gasteiger partial charge in [-0.05, 0) is 35.9 Å². The van der Waals surface area contributed by atoms with Crippen molar-refractivity contribution < 1.29 is 13.2 Å². The quantitative estimate of drug-likeness (QED) is 0.604. The minimum Gasteiger partial charge on any atom is -0.336 e. The maximum absolute atomic E-state index is 12.9. The maximum Gasteiger partial charge on any atom is 0.261 e. The Morgan fingerprint density at radius 2 is 1.56 bits per heavy atom. The van der Waals surface area contributed by atoms with Gasteiger partial charge in [0.2, 0.25) is 10.0 Å². The lowest BCUT2D eigenvalue weighted by Gasteiger charge is -2.34. The van der Waals surface area contributed by atoms with Crippen LogP contribution in [0.15, 0.2) is 70.4 Å². The van der Waals surface area contributed by atoms with Crippen molar-refractivity contribution in [3.8, 4) is 11.3 Å². The van der Waals surface area contributed by atoms with Crippen molar-refractivity contribution in [2.75, 3.05) is 26.2 Å². The van der Waals surface area contributed by atoms with E-state index in [2.05, 4.69) is 4.98 Å². The van der Waals surface area contributed by atoms with Crippen molar-refractivity contribution >= 4 is 39.1 Å². The Morgan fingerprint density at radius 1 is 0.875 bits per heavy atom. The van der Waals surface area contributed by atoms with E-state index >= 15 is 0 Å². The first kappa shape index (κ1) is 22.5. The van der Waals surface area contributed by atoms with Crippen LogP contribution in [-0.4, -0.2) is 54.7 Å². The third-order valence-corrected chi connectivity index (χ3v) is 7.91. The Kier molecular flexibility index (Phi) is 6.39. The number of aromatic amines is 1. The molecule has 166 valence electrons. The van der Waals surface area contributed by atoms with Gasteiger partial charge in [0, 0.05) is 31.9 Å². The van der Waals surface area contributed by atoms with Crippen LogP contribution in [0, 0.1) is 0 Å². The van der Waals surface area contributed by atoms with Crippen molar-refractivity contribution in [3.63, 3.8) is 0 Å². The number of aromatic nitrogens is 1. The van der Waals surface area contributed by atoms with Crippen molar-refractivity contribution in [3.05, 3.63) is 86.6 Å². The Morgan fingerprint density at radius 3 is 2.19 bits per heavy atom. The number of piperazine rings is 1. The van der Waals surface area contributed by atoms with Gasteiger partial charge in [0.05, 0.1) is 14.9 Å². The summed E-state index contributed by atoms with van der Waals surface area (Å²) in [4.78, 5) is 29.7. The first-order valence-corrected chi connectivity index (χ1v) is 12.0. The Hall–Kier alpha value is -2.65. The highest BCUT2D eigenvalue weighted by atomic mass is 35.5. The second-order valence-electron chi connectivity index (χ2n) is 7.25. The number of sulfonamides is 1. The summed E-state index contributed by atoms with van der Waals surface area (Å²) in [6, 6.07) is 16.6. The van der Waals surface area contributed by atoms with E-state index in [9.17, 15) is 18.0 Å².